The number of anilines is 1. The molecule has 21 heavy (non-hydrogen) atoms. The lowest BCUT2D eigenvalue weighted by Gasteiger charge is -2.10. The van der Waals surface area contributed by atoms with Gasteiger partial charge in [-0.2, -0.15) is 0 Å². The molecule has 0 fully saturated rings. The first-order valence-electron chi connectivity index (χ1n) is 6.64. The smallest absolute Gasteiger partial charge is 0.330 e. The third-order valence-corrected chi connectivity index (χ3v) is 3.32. The van der Waals surface area contributed by atoms with Gasteiger partial charge in [-0.3, -0.25) is 14.2 Å². The summed E-state index contributed by atoms with van der Waals surface area (Å²) in [6, 6.07) is 3.14. The van der Waals surface area contributed by atoms with E-state index in [1.54, 1.807) is 23.9 Å². The second kappa shape index (κ2) is 5.82. The highest BCUT2D eigenvalue weighted by molar-refractivity contribution is 5.40. The Morgan fingerprint density at radius 1 is 1.10 bits per heavy atom. The van der Waals surface area contributed by atoms with Crippen LogP contribution in [0.3, 0.4) is 0 Å². The lowest BCUT2D eigenvalue weighted by Crippen LogP contribution is -2.38. The zero-order valence-electron chi connectivity index (χ0n) is 12.3. The molecule has 2 aromatic rings. The van der Waals surface area contributed by atoms with Gasteiger partial charge in [-0.15, -0.1) is 0 Å². The van der Waals surface area contributed by atoms with Gasteiger partial charge in [0.2, 0.25) is 0 Å². The largest absolute Gasteiger partial charge is 0.380 e. The van der Waals surface area contributed by atoms with E-state index in [-0.39, 0.29) is 23.4 Å². The fourth-order valence-corrected chi connectivity index (χ4v) is 2.08. The third-order valence-electron chi connectivity index (χ3n) is 3.32. The predicted octanol–water partition coefficient (Wildman–Crippen LogP) is -0.122. The molecule has 7 heteroatoms. The number of aryl methyl sites for hydroxylation is 2. The zero-order chi connectivity index (χ0) is 15.6. The van der Waals surface area contributed by atoms with Gasteiger partial charge in [-0.25, -0.2) is 4.79 Å². The van der Waals surface area contributed by atoms with Crippen LogP contribution in [0.4, 0.5) is 5.69 Å². The molecule has 0 aliphatic carbocycles. The fourth-order valence-electron chi connectivity index (χ4n) is 2.08. The Kier molecular flexibility index (Phi) is 4.11. The summed E-state index contributed by atoms with van der Waals surface area (Å²) < 4.78 is 4.01. The van der Waals surface area contributed by atoms with Crippen LogP contribution in [0.2, 0.25) is 0 Å². The highest BCUT2D eigenvalue weighted by Gasteiger charge is 2.06. The van der Waals surface area contributed by atoms with Crippen molar-refractivity contribution in [1.29, 1.82) is 0 Å². The molecule has 0 aliphatic rings. The molecule has 0 radical (unpaired) electrons. The molecule has 0 saturated heterocycles. The Bertz CT molecular complexity index is 829. The van der Waals surface area contributed by atoms with Gasteiger partial charge in [0.1, 0.15) is 0 Å². The third kappa shape index (κ3) is 2.96. The number of aromatic nitrogens is 3. The van der Waals surface area contributed by atoms with E-state index in [1.165, 1.54) is 23.9 Å². The molecule has 1 N–H and O–H groups in total. The molecule has 0 unspecified atom stereocenters. The van der Waals surface area contributed by atoms with Crippen molar-refractivity contribution in [2.75, 3.05) is 5.32 Å². The van der Waals surface area contributed by atoms with Crippen molar-refractivity contribution in [2.45, 2.75) is 20.0 Å². The standard InChI is InChI=1S/C14H18N4O3/c1-4-18-9-11(5-6-12(18)19)15-7-10-8-16(2)14(21)17(3)13(10)20/h5-6,8-9,15H,4,7H2,1-3H3. The van der Waals surface area contributed by atoms with Crippen molar-refractivity contribution in [3.63, 3.8) is 0 Å². The number of hydrogen-bond acceptors (Lipinski definition) is 4. The molecule has 0 bridgehead atoms. The Morgan fingerprint density at radius 3 is 2.48 bits per heavy atom. The molecule has 7 nitrogen and oxygen atoms in total. The lowest BCUT2D eigenvalue weighted by molar-refractivity contribution is 0.670. The van der Waals surface area contributed by atoms with Crippen LogP contribution in [0.5, 0.6) is 0 Å². The van der Waals surface area contributed by atoms with Crippen molar-refractivity contribution >= 4 is 5.69 Å². The Hall–Kier alpha value is -2.57. The fraction of sp³-hybridized carbons (Fsp3) is 0.357. The maximum Gasteiger partial charge on any atom is 0.330 e. The average Bonchev–Trinajstić information content (AvgIpc) is 2.48. The minimum Gasteiger partial charge on any atom is -0.380 e. The number of nitrogens with zero attached hydrogens (tertiary/aromatic N) is 3. The molecule has 0 spiro atoms. The molecular weight excluding hydrogens is 272 g/mol. The van der Waals surface area contributed by atoms with E-state index in [4.69, 9.17) is 0 Å². The predicted molar refractivity (Wildman–Crippen MR) is 80.6 cm³/mol. The van der Waals surface area contributed by atoms with Crippen molar-refractivity contribution in [3.05, 3.63) is 61.3 Å². The number of rotatable bonds is 4. The molecule has 2 aromatic heterocycles. The molecule has 2 heterocycles. The Labute approximate surface area is 121 Å². The second-order valence-corrected chi connectivity index (χ2v) is 4.81. The van der Waals surface area contributed by atoms with Gasteiger partial charge in [0.25, 0.3) is 11.1 Å². The quantitative estimate of drug-likeness (QED) is 0.851. The number of hydrogen-bond donors (Lipinski definition) is 1. The second-order valence-electron chi connectivity index (χ2n) is 4.81. The van der Waals surface area contributed by atoms with Crippen LogP contribution in [0.25, 0.3) is 0 Å². The Balaban J connectivity index is 2.27. The van der Waals surface area contributed by atoms with E-state index in [9.17, 15) is 14.4 Å². The van der Waals surface area contributed by atoms with E-state index in [0.717, 1.165) is 10.3 Å². The summed E-state index contributed by atoms with van der Waals surface area (Å²) in [6.45, 7) is 2.74. The van der Waals surface area contributed by atoms with E-state index in [2.05, 4.69) is 5.32 Å². The van der Waals surface area contributed by atoms with Crippen LogP contribution in [-0.2, 0) is 27.2 Å². The van der Waals surface area contributed by atoms with Crippen molar-refractivity contribution in [3.8, 4) is 0 Å². The summed E-state index contributed by atoms with van der Waals surface area (Å²) in [4.78, 5) is 35.1. The summed E-state index contributed by atoms with van der Waals surface area (Å²) in [6.07, 6.45) is 3.22. The number of nitrogens with one attached hydrogen (secondary N) is 1. The average molecular weight is 290 g/mol. The van der Waals surface area contributed by atoms with E-state index < -0.39 is 0 Å². The monoisotopic (exact) mass is 290 g/mol. The van der Waals surface area contributed by atoms with Gasteiger partial charge in [-0.05, 0) is 13.0 Å². The summed E-state index contributed by atoms with van der Waals surface area (Å²) in [5.74, 6) is 0. The highest BCUT2D eigenvalue weighted by atomic mass is 16.2. The molecular formula is C14H18N4O3. The molecule has 0 amide bonds. The highest BCUT2D eigenvalue weighted by Crippen LogP contribution is 2.04. The van der Waals surface area contributed by atoms with E-state index >= 15 is 0 Å². The molecule has 0 atom stereocenters. The normalized spacial score (nSPS) is 10.6. The molecule has 0 aliphatic heterocycles. The van der Waals surface area contributed by atoms with Crippen LogP contribution >= 0.6 is 0 Å². The minimum absolute atomic E-state index is 0.0685. The maximum atomic E-state index is 12.0. The van der Waals surface area contributed by atoms with Crippen LogP contribution in [0, 0.1) is 0 Å². The Morgan fingerprint density at radius 2 is 1.81 bits per heavy atom. The first kappa shape index (κ1) is 14.8. The topological polar surface area (TPSA) is 78.0 Å². The van der Waals surface area contributed by atoms with Gasteiger partial charge < -0.3 is 14.5 Å². The molecule has 0 saturated carbocycles. The van der Waals surface area contributed by atoms with Crippen molar-refractivity contribution in [2.24, 2.45) is 14.1 Å². The van der Waals surface area contributed by atoms with Gasteiger partial charge in [-0.1, -0.05) is 0 Å². The van der Waals surface area contributed by atoms with Crippen molar-refractivity contribution in [1.82, 2.24) is 13.7 Å². The number of pyridine rings is 1. The first-order valence-corrected chi connectivity index (χ1v) is 6.64. The van der Waals surface area contributed by atoms with Crippen LogP contribution in [0.1, 0.15) is 12.5 Å². The van der Waals surface area contributed by atoms with Gasteiger partial charge in [0.05, 0.1) is 11.3 Å². The van der Waals surface area contributed by atoms with Gasteiger partial charge in [0.15, 0.2) is 0 Å². The lowest BCUT2D eigenvalue weighted by atomic mass is 10.3. The summed E-state index contributed by atoms with van der Waals surface area (Å²) >= 11 is 0. The van der Waals surface area contributed by atoms with Crippen LogP contribution in [-0.4, -0.2) is 13.7 Å². The maximum absolute atomic E-state index is 12.0. The van der Waals surface area contributed by atoms with E-state index in [0.29, 0.717) is 12.1 Å². The molecule has 0 aromatic carbocycles. The van der Waals surface area contributed by atoms with Gasteiger partial charge >= 0.3 is 5.69 Å². The summed E-state index contributed by atoms with van der Waals surface area (Å²) in [5.41, 5.74) is 0.472. The van der Waals surface area contributed by atoms with E-state index in [1.807, 2.05) is 6.92 Å². The zero-order valence-corrected chi connectivity index (χ0v) is 12.3. The summed E-state index contributed by atoms with van der Waals surface area (Å²) in [5, 5.41) is 3.09. The molecule has 2 rings (SSSR count). The van der Waals surface area contributed by atoms with Gasteiger partial charge in [0, 0.05) is 45.6 Å². The first-order chi connectivity index (χ1) is 9.93. The SMILES string of the molecule is CCn1cc(NCc2cn(C)c(=O)n(C)c2=O)ccc1=O. The van der Waals surface area contributed by atoms with Crippen molar-refractivity contribution < 1.29 is 0 Å². The summed E-state index contributed by atoms with van der Waals surface area (Å²) in [7, 11) is 3.05. The van der Waals surface area contributed by atoms with Crippen LogP contribution < -0.4 is 22.1 Å². The minimum atomic E-state index is -0.358. The molecule has 112 valence electrons. The van der Waals surface area contributed by atoms with Crippen LogP contribution in [0.15, 0.2) is 38.9 Å².